The van der Waals surface area contributed by atoms with Crippen LogP contribution in [0.1, 0.15) is 37.4 Å². The molecule has 1 aliphatic carbocycles. The maximum atomic E-state index is 14.2. The van der Waals surface area contributed by atoms with Crippen molar-refractivity contribution in [3.63, 3.8) is 0 Å². The lowest BCUT2D eigenvalue weighted by Crippen LogP contribution is -2.38. The predicted octanol–water partition coefficient (Wildman–Crippen LogP) is 5.88. The van der Waals surface area contributed by atoms with Gasteiger partial charge in [-0.2, -0.15) is 0 Å². The van der Waals surface area contributed by atoms with E-state index < -0.39 is 17.5 Å². The van der Waals surface area contributed by atoms with E-state index in [1.54, 1.807) is 29.5 Å². The van der Waals surface area contributed by atoms with Crippen molar-refractivity contribution < 1.29 is 13.9 Å². The molecule has 1 saturated heterocycles. The number of aromatic nitrogens is 3. The molecule has 2 aromatic carbocycles. The topological polar surface area (TPSA) is 71.1 Å². The number of carbonyl (C=O) groups is 1. The van der Waals surface area contributed by atoms with Crippen LogP contribution in [0.15, 0.2) is 53.4 Å². The first kappa shape index (κ1) is 19.4. The summed E-state index contributed by atoms with van der Waals surface area (Å²) < 4.78 is 20.0. The van der Waals surface area contributed by atoms with Crippen LogP contribution in [0.25, 0.3) is 22.3 Å². The Kier molecular flexibility index (Phi) is 4.50. The van der Waals surface area contributed by atoms with E-state index in [0.29, 0.717) is 6.54 Å². The van der Waals surface area contributed by atoms with Crippen molar-refractivity contribution in [1.29, 1.82) is 0 Å². The Morgan fingerprint density at radius 3 is 2.81 bits per heavy atom. The number of halogens is 1. The second kappa shape index (κ2) is 7.41. The maximum absolute atomic E-state index is 14.2. The highest BCUT2D eigenvalue weighted by Crippen LogP contribution is 2.44. The molecule has 0 unspecified atom stereocenters. The molecule has 0 bridgehead atoms. The molecular formula is C24H21FN4O2S. The summed E-state index contributed by atoms with van der Waals surface area (Å²) in [5, 5.41) is 2.03. The number of rotatable bonds is 3. The molecule has 2 aromatic heterocycles. The van der Waals surface area contributed by atoms with Gasteiger partial charge in [-0.15, -0.1) is 11.3 Å². The number of anilines is 1. The van der Waals surface area contributed by atoms with E-state index in [4.69, 9.17) is 9.72 Å². The minimum Gasteiger partial charge on any atom is -0.441 e. The van der Waals surface area contributed by atoms with Crippen LogP contribution < -0.4 is 4.90 Å². The Balaban J connectivity index is 1.19. The quantitative estimate of drug-likeness (QED) is 0.425. The second-order valence-electron chi connectivity index (χ2n) is 8.59. The molecule has 1 N–H and O–H groups in total. The largest absolute Gasteiger partial charge is 0.441 e. The van der Waals surface area contributed by atoms with Gasteiger partial charge in [0.15, 0.2) is 0 Å². The summed E-state index contributed by atoms with van der Waals surface area (Å²) in [6.45, 7) is 0.386. The number of fused-ring (bicyclic) bond motifs is 1. The van der Waals surface area contributed by atoms with Crippen molar-refractivity contribution in [3.8, 4) is 11.3 Å². The third-order valence-corrected chi connectivity index (χ3v) is 7.21. The lowest BCUT2D eigenvalue weighted by molar-refractivity contribution is 0.0208. The number of hydrogen-bond acceptors (Lipinski definition) is 5. The van der Waals surface area contributed by atoms with Gasteiger partial charge in [-0.05, 0) is 49.9 Å². The zero-order valence-electron chi connectivity index (χ0n) is 17.3. The minimum atomic E-state index is -0.556. The summed E-state index contributed by atoms with van der Waals surface area (Å²) in [5.41, 5.74) is 5.52. The number of thiazole rings is 1. The third kappa shape index (κ3) is 3.26. The van der Waals surface area contributed by atoms with E-state index in [1.807, 2.05) is 10.9 Å². The maximum Gasteiger partial charge on any atom is 0.415 e. The van der Waals surface area contributed by atoms with Gasteiger partial charge in [0, 0.05) is 16.9 Å². The van der Waals surface area contributed by atoms with Crippen LogP contribution in [-0.2, 0) is 4.74 Å². The van der Waals surface area contributed by atoms with Crippen molar-refractivity contribution in [2.75, 3.05) is 11.4 Å². The molecule has 6 nitrogen and oxygen atoms in total. The molecular weight excluding hydrogens is 427 g/mol. The van der Waals surface area contributed by atoms with Gasteiger partial charge in [-0.25, -0.2) is 19.2 Å². The number of amides is 1. The highest BCUT2D eigenvalue weighted by atomic mass is 32.1. The fourth-order valence-corrected chi connectivity index (χ4v) is 5.45. The van der Waals surface area contributed by atoms with Gasteiger partial charge in [0.2, 0.25) is 0 Å². The minimum absolute atomic E-state index is 0.275. The first-order valence-corrected chi connectivity index (χ1v) is 11.7. The number of imidazole rings is 1. The Morgan fingerprint density at radius 2 is 2.03 bits per heavy atom. The molecule has 8 heteroatoms. The summed E-state index contributed by atoms with van der Waals surface area (Å²) in [5.74, 6) is 0.840. The van der Waals surface area contributed by atoms with Gasteiger partial charge in [-0.3, -0.25) is 4.90 Å². The van der Waals surface area contributed by atoms with Crippen molar-refractivity contribution in [2.24, 2.45) is 0 Å². The van der Waals surface area contributed by atoms with Gasteiger partial charge in [-0.1, -0.05) is 18.2 Å². The lowest BCUT2D eigenvalue weighted by Gasteiger charge is -2.34. The molecule has 2 fully saturated rings. The Morgan fingerprint density at radius 1 is 1.19 bits per heavy atom. The first-order chi connectivity index (χ1) is 15.6. The molecule has 1 spiro atoms. The zero-order valence-corrected chi connectivity index (χ0v) is 18.1. The SMILES string of the molecule is O=C1O[C@]2(CC[C@H](c3nc4cc(-c5cscn5)ccc4[nH]3)CC2)CN1c1ccccc1F. The van der Waals surface area contributed by atoms with E-state index in [0.717, 1.165) is 53.8 Å². The molecule has 4 aromatic rings. The van der Waals surface area contributed by atoms with Crippen molar-refractivity contribution in [3.05, 3.63) is 65.0 Å². The monoisotopic (exact) mass is 448 g/mol. The Labute approximate surface area is 188 Å². The van der Waals surface area contributed by atoms with E-state index in [-0.39, 0.29) is 11.6 Å². The summed E-state index contributed by atoms with van der Waals surface area (Å²) in [6.07, 6.45) is 2.71. The molecule has 1 aliphatic heterocycles. The molecule has 0 atom stereocenters. The number of hydrogen-bond donors (Lipinski definition) is 1. The highest BCUT2D eigenvalue weighted by Gasteiger charge is 2.48. The van der Waals surface area contributed by atoms with Gasteiger partial charge < -0.3 is 9.72 Å². The number of nitrogens with one attached hydrogen (secondary N) is 1. The van der Waals surface area contributed by atoms with Crippen LogP contribution in [0.2, 0.25) is 0 Å². The van der Waals surface area contributed by atoms with Crippen molar-refractivity contribution >= 4 is 34.2 Å². The Hall–Kier alpha value is -3.26. The summed E-state index contributed by atoms with van der Waals surface area (Å²) in [7, 11) is 0. The summed E-state index contributed by atoms with van der Waals surface area (Å²) in [6, 6.07) is 12.5. The third-order valence-electron chi connectivity index (χ3n) is 6.63. The van der Waals surface area contributed by atoms with Crippen molar-refractivity contribution in [2.45, 2.75) is 37.2 Å². The molecule has 6 rings (SSSR count). The van der Waals surface area contributed by atoms with E-state index >= 15 is 0 Å². The number of H-pyrrole nitrogens is 1. The molecule has 1 amide bonds. The van der Waals surface area contributed by atoms with Gasteiger partial charge >= 0.3 is 6.09 Å². The number of para-hydroxylation sites is 1. The second-order valence-corrected chi connectivity index (χ2v) is 9.31. The highest BCUT2D eigenvalue weighted by molar-refractivity contribution is 7.07. The average Bonchev–Trinajstić information content (AvgIpc) is 3.53. The van der Waals surface area contributed by atoms with Crippen LogP contribution in [0, 0.1) is 5.82 Å². The average molecular weight is 449 g/mol. The fourth-order valence-electron chi connectivity index (χ4n) is 4.89. The number of benzene rings is 2. The van der Waals surface area contributed by atoms with Gasteiger partial charge in [0.05, 0.1) is 34.5 Å². The van der Waals surface area contributed by atoms with Gasteiger partial charge in [0.1, 0.15) is 17.2 Å². The summed E-state index contributed by atoms with van der Waals surface area (Å²) in [4.78, 5) is 26.7. The predicted molar refractivity (Wildman–Crippen MR) is 121 cm³/mol. The lowest BCUT2D eigenvalue weighted by atomic mass is 9.78. The smallest absolute Gasteiger partial charge is 0.415 e. The standard InChI is InChI=1S/C24H21FN4O2S/c25-17-3-1-2-4-21(17)29-13-24(31-23(29)30)9-7-15(8-10-24)22-27-18-6-5-16(11-19(18)28-22)20-12-32-14-26-20/h1-6,11-12,14-15H,7-10,13H2,(H,27,28)/t15-,24-. The van der Waals surface area contributed by atoms with Crippen LogP contribution in [0.4, 0.5) is 14.9 Å². The van der Waals surface area contributed by atoms with Crippen LogP contribution in [-0.4, -0.2) is 33.2 Å². The first-order valence-electron chi connectivity index (χ1n) is 10.7. The van der Waals surface area contributed by atoms with Crippen LogP contribution in [0.3, 0.4) is 0 Å². The molecule has 1 saturated carbocycles. The van der Waals surface area contributed by atoms with E-state index in [1.165, 1.54) is 11.0 Å². The number of carbonyl (C=O) groups excluding carboxylic acids is 1. The van der Waals surface area contributed by atoms with Crippen molar-refractivity contribution in [1.82, 2.24) is 15.0 Å². The Bertz CT molecular complexity index is 1290. The number of aromatic amines is 1. The molecule has 162 valence electrons. The van der Waals surface area contributed by atoms with Crippen LogP contribution >= 0.6 is 11.3 Å². The molecule has 2 aliphatic rings. The van der Waals surface area contributed by atoms with Gasteiger partial charge in [0.25, 0.3) is 0 Å². The fraction of sp³-hybridized carbons (Fsp3) is 0.292. The van der Waals surface area contributed by atoms with Crippen LogP contribution in [0.5, 0.6) is 0 Å². The van der Waals surface area contributed by atoms with E-state index in [2.05, 4.69) is 28.2 Å². The normalized spacial score (nSPS) is 23.2. The molecule has 3 heterocycles. The number of ether oxygens (including phenoxy) is 1. The summed E-state index contributed by atoms with van der Waals surface area (Å²) >= 11 is 1.58. The molecule has 0 radical (unpaired) electrons. The molecule has 32 heavy (non-hydrogen) atoms. The number of nitrogens with zero attached hydrogens (tertiary/aromatic N) is 3. The zero-order chi connectivity index (χ0) is 21.7. The van der Waals surface area contributed by atoms with E-state index in [9.17, 15) is 9.18 Å².